The minimum Gasteiger partial charge on any atom is -0.455 e. The summed E-state index contributed by atoms with van der Waals surface area (Å²) >= 11 is 0.807. The van der Waals surface area contributed by atoms with Gasteiger partial charge in [-0.1, -0.05) is 11.8 Å². The van der Waals surface area contributed by atoms with E-state index in [1.54, 1.807) is 30.6 Å². The zero-order chi connectivity index (χ0) is 22.2. The van der Waals surface area contributed by atoms with Crippen molar-refractivity contribution in [3.8, 4) is 11.8 Å². The Morgan fingerprint density at radius 2 is 1.87 bits per heavy atom. The zero-order valence-corrected chi connectivity index (χ0v) is 18.0. The molecule has 0 bridgehead atoms. The van der Waals surface area contributed by atoms with Crippen molar-refractivity contribution in [1.82, 2.24) is 14.6 Å². The van der Waals surface area contributed by atoms with Crippen LogP contribution in [0.1, 0.15) is 16.9 Å². The molecule has 0 aliphatic carbocycles. The molecule has 3 heterocycles. The summed E-state index contributed by atoms with van der Waals surface area (Å²) < 4.78 is 31.3. The number of amides is 2. The SMILES string of the molecule is CN(C)S(=O)(=O)c1ccc(C#Cc2cncc3cc(/C=C4/SC(=O)NC4=O)oc23)cc1. The first-order chi connectivity index (χ1) is 14.7. The number of pyridine rings is 1. The van der Waals surface area contributed by atoms with Gasteiger partial charge in [-0.3, -0.25) is 19.9 Å². The number of imide groups is 1. The first-order valence-electron chi connectivity index (χ1n) is 8.91. The van der Waals surface area contributed by atoms with Crippen molar-refractivity contribution in [2.75, 3.05) is 14.1 Å². The van der Waals surface area contributed by atoms with E-state index < -0.39 is 21.2 Å². The fourth-order valence-electron chi connectivity index (χ4n) is 2.75. The summed E-state index contributed by atoms with van der Waals surface area (Å²) in [6.07, 6.45) is 4.66. The molecule has 1 saturated heterocycles. The van der Waals surface area contributed by atoms with Gasteiger partial charge in [0.25, 0.3) is 11.1 Å². The molecule has 0 radical (unpaired) electrons. The summed E-state index contributed by atoms with van der Waals surface area (Å²) in [6.45, 7) is 0. The number of benzene rings is 1. The predicted octanol–water partition coefficient (Wildman–Crippen LogP) is 2.80. The van der Waals surface area contributed by atoms with Crippen molar-refractivity contribution < 1.29 is 22.4 Å². The van der Waals surface area contributed by atoms with Crippen LogP contribution >= 0.6 is 11.8 Å². The highest BCUT2D eigenvalue weighted by Crippen LogP contribution is 2.29. The van der Waals surface area contributed by atoms with E-state index in [-0.39, 0.29) is 9.80 Å². The second-order valence-electron chi connectivity index (χ2n) is 6.67. The lowest BCUT2D eigenvalue weighted by Gasteiger charge is -2.10. The van der Waals surface area contributed by atoms with E-state index in [1.807, 2.05) is 0 Å². The molecule has 2 aromatic heterocycles. The van der Waals surface area contributed by atoms with Crippen LogP contribution in [0.2, 0.25) is 0 Å². The van der Waals surface area contributed by atoms with Gasteiger partial charge in [-0.15, -0.1) is 0 Å². The Hall–Kier alpha value is -3.39. The van der Waals surface area contributed by atoms with Crippen molar-refractivity contribution in [3.63, 3.8) is 0 Å². The van der Waals surface area contributed by atoms with Crippen LogP contribution in [0.3, 0.4) is 0 Å². The molecule has 4 rings (SSSR count). The Balaban J connectivity index is 1.64. The van der Waals surface area contributed by atoms with Crippen LogP contribution < -0.4 is 5.32 Å². The Morgan fingerprint density at radius 3 is 2.52 bits per heavy atom. The maximum Gasteiger partial charge on any atom is 0.290 e. The number of aromatic nitrogens is 1. The number of carbonyl (C=O) groups is 2. The lowest BCUT2D eigenvalue weighted by Crippen LogP contribution is -2.22. The molecule has 1 aliphatic heterocycles. The number of furan rings is 1. The van der Waals surface area contributed by atoms with Gasteiger partial charge in [0.2, 0.25) is 10.0 Å². The Labute approximate surface area is 182 Å². The van der Waals surface area contributed by atoms with E-state index in [0.717, 1.165) is 16.1 Å². The largest absolute Gasteiger partial charge is 0.455 e. The molecule has 1 N–H and O–H groups in total. The fraction of sp³-hybridized carbons (Fsp3) is 0.0952. The van der Waals surface area contributed by atoms with Gasteiger partial charge in [-0.2, -0.15) is 0 Å². The van der Waals surface area contributed by atoms with E-state index in [9.17, 15) is 18.0 Å². The highest BCUT2D eigenvalue weighted by molar-refractivity contribution is 8.18. The predicted molar refractivity (Wildman–Crippen MR) is 116 cm³/mol. The van der Waals surface area contributed by atoms with Crippen LogP contribution in [0.4, 0.5) is 4.79 Å². The van der Waals surface area contributed by atoms with Gasteiger partial charge in [0.15, 0.2) is 5.58 Å². The molecule has 0 spiro atoms. The summed E-state index contributed by atoms with van der Waals surface area (Å²) in [6, 6.07) is 7.96. The average molecular weight is 454 g/mol. The summed E-state index contributed by atoms with van der Waals surface area (Å²) in [7, 11) is -0.556. The number of carbonyl (C=O) groups excluding carboxylic acids is 2. The van der Waals surface area contributed by atoms with Crippen LogP contribution in [-0.2, 0) is 14.8 Å². The van der Waals surface area contributed by atoms with Crippen LogP contribution in [-0.4, -0.2) is 42.9 Å². The second kappa shape index (κ2) is 8.03. The minimum atomic E-state index is -3.50. The third-order valence-corrected chi connectivity index (χ3v) is 6.97. The number of fused-ring (bicyclic) bond motifs is 1. The minimum absolute atomic E-state index is 0.183. The lowest BCUT2D eigenvalue weighted by molar-refractivity contribution is -0.115. The molecule has 0 atom stereocenters. The summed E-state index contributed by atoms with van der Waals surface area (Å²) in [4.78, 5) is 27.6. The van der Waals surface area contributed by atoms with Gasteiger partial charge >= 0.3 is 0 Å². The maximum atomic E-state index is 12.2. The van der Waals surface area contributed by atoms with Crippen LogP contribution in [0.5, 0.6) is 0 Å². The second-order valence-corrected chi connectivity index (χ2v) is 9.83. The lowest BCUT2D eigenvalue weighted by atomic mass is 10.2. The number of rotatable bonds is 3. The molecule has 3 aromatic rings. The van der Waals surface area contributed by atoms with Crippen LogP contribution in [0.25, 0.3) is 17.0 Å². The van der Waals surface area contributed by atoms with E-state index >= 15 is 0 Å². The quantitative estimate of drug-likeness (QED) is 0.480. The number of hydrogen-bond acceptors (Lipinski definition) is 7. The number of nitrogens with one attached hydrogen (secondary N) is 1. The topological polar surface area (TPSA) is 110 Å². The van der Waals surface area contributed by atoms with Crippen molar-refractivity contribution in [2.24, 2.45) is 0 Å². The molecule has 1 aromatic carbocycles. The molecule has 8 nitrogen and oxygen atoms in total. The van der Waals surface area contributed by atoms with Gasteiger partial charge in [-0.25, -0.2) is 12.7 Å². The molecular weight excluding hydrogens is 438 g/mol. The fourth-order valence-corrected chi connectivity index (χ4v) is 4.32. The summed E-state index contributed by atoms with van der Waals surface area (Å²) in [5, 5.41) is 2.46. The Bertz CT molecular complexity index is 1410. The monoisotopic (exact) mass is 453 g/mol. The van der Waals surface area contributed by atoms with Crippen molar-refractivity contribution in [2.45, 2.75) is 4.90 Å². The normalized spacial score (nSPS) is 15.4. The molecule has 0 saturated carbocycles. The van der Waals surface area contributed by atoms with E-state index in [2.05, 4.69) is 22.1 Å². The van der Waals surface area contributed by atoms with Gasteiger partial charge in [-0.05, 0) is 42.1 Å². The van der Waals surface area contributed by atoms with E-state index in [0.29, 0.717) is 27.9 Å². The molecule has 156 valence electrons. The molecule has 0 unspecified atom stereocenters. The zero-order valence-electron chi connectivity index (χ0n) is 16.4. The first kappa shape index (κ1) is 20.9. The number of hydrogen-bond donors (Lipinski definition) is 1. The molecule has 10 heteroatoms. The maximum absolute atomic E-state index is 12.2. The van der Waals surface area contributed by atoms with Crippen molar-refractivity contribution in [3.05, 3.63) is 64.5 Å². The van der Waals surface area contributed by atoms with Crippen molar-refractivity contribution in [1.29, 1.82) is 0 Å². The molecule has 1 fully saturated rings. The van der Waals surface area contributed by atoms with Gasteiger partial charge in [0, 0.05) is 43.5 Å². The Morgan fingerprint density at radius 1 is 1.13 bits per heavy atom. The Kier molecular flexibility index (Phi) is 5.41. The highest BCUT2D eigenvalue weighted by atomic mass is 32.2. The number of sulfonamides is 1. The molecular formula is C21H15N3O5S2. The number of nitrogens with zero attached hydrogens (tertiary/aromatic N) is 2. The molecule has 31 heavy (non-hydrogen) atoms. The van der Waals surface area contributed by atoms with E-state index in [4.69, 9.17) is 4.42 Å². The highest BCUT2D eigenvalue weighted by Gasteiger charge is 2.25. The van der Waals surface area contributed by atoms with Crippen LogP contribution in [0, 0.1) is 11.8 Å². The first-order valence-corrected chi connectivity index (χ1v) is 11.2. The summed E-state index contributed by atoms with van der Waals surface area (Å²) in [5.74, 6) is 5.89. The third-order valence-electron chi connectivity index (χ3n) is 4.33. The summed E-state index contributed by atoms with van der Waals surface area (Å²) in [5.41, 5.74) is 1.66. The van der Waals surface area contributed by atoms with Crippen molar-refractivity contribution >= 4 is 50.0 Å². The molecule has 2 amide bonds. The van der Waals surface area contributed by atoms with Gasteiger partial charge < -0.3 is 4.42 Å². The smallest absolute Gasteiger partial charge is 0.290 e. The number of thioether (sulfide) groups is 1. The van der Waals surface area contributed by atoms with Crippen LogP contribution in [0.15, 0.2) is 56.9 Å². The third kappa shape index (κ3) is 4.25. The molecule has 1 aliphatic rings. The van der Waals surface area contributed by atoms with Gasteiger partial charge in [0.1, 0.15) is 5.76 Å². The van der Waals surface area contributed by atoms with Gasteiger partial charge in [0.05, 0.1) is 15.4 Å². The van der Waals surface area contributed by atoms with E-state index in [1.165, 1.54) is 32.3 Å². The standard InChI is InChI=1S/C21H15N3O5S2/c1-24(2)31(27,28)17-7-4-13(5-8-17)3-6-14-11-22-12-15-9-16(29-19(14)15)10-18-20(25)23-21(26)30-18/h4-5,7-12H,1-2H3,(H,23,25,26)/b18-10+. The average Bonchev–Trinajstić information content (AvgIpc) is 3.28.